The maximum Gasteiger partial charge on any atom is 0.254 e. The van der Waals surface area contributed by atoms with Gasteiger partial charge in [-0.05, 0) is 12.5 Å². The summed E-state index contributed by atoms with van der Waals surface area (Å²) in [5.74, 6) is -0.334. The highest BCUT2D eigenvalue weighted by Gasteiger charge is 2.21. The first-order chi connectivity index (χ1) is 8.56. The first-order valence-corrected chi connectivity index (χ1v) is 5.92. The molecular weight excluding hydrogens is 256 g/mol. The van der Waals surface area contributed by atoms with Gasteiger partial charge >= 0.3 is 0 Å². The Bertz CT molecular complexity index is 492. The molecule has 1 fully saturated rings. The zero-order valence-corrected chi connectivity index (χ0v) is 10.3. The second-order valence-corrected chi connectivity index (χ2v) is 4.48. The highest BCUT2D eigenvalue weighted by atomic mass is 35.5. The lowest BCUT2D eigenvalue weighted by Crippen LogP contribution is -2.38. The van der Waals surface area contributed by atoms with Gasteiger partial charge in [-0.1, -0.05) is 11.6 Å². The molecule has 0 bridgehead atoms. The lowest BCUT2D eigenvalue weighted by atomic mass is 10.2. The monoisotopic (exact) mass is 268 g/mol. The first kappa shape index (κ1) is 12.6. The minimum absolute atomic E-state index is 0.0119. The SMILES string of the molecule is Nc1cnc(Cl)c(C(=O)NCC2CCC(=O)N2)c1. The molecule has 0 aliphatic carbocycles. The van der Waals surface area contributed by atoms with Crippen LogP contribution in [0.5, 0.6) is 0 Å². The van der Waals surface area contributed by atoms with Crippen LogP contribution in [0.1, 0.15) is 23.2 Å². The molecule has 96 valence electrons. The van der Waals surface area contributed by atoms with Crippen molar-refractivity contribution in [2.45, 2.75) is 18.9 Å². The quantitative estimate of drug-likeness (QED) is 0.688. The molecule has 6 nitrogen and oxygen atoms in total. The molecule has 0 radical (unpaired) electrons. The molecule has 2 rings (SSSR count). The van der Waals surface area contributed by atoms with Crippen molar-refractivity contribution >= 4 is 29.1 Å². The third-order valence-electron chi connectivity index (χ3n) is 2.70. The van der Waals surface area contributed by atoms with Crippen molar-refractivity contribution < 1.29 is 9.59 Å². The summed E-state index contributed by atoms with van der Waals surface area (Å²) in [6.07, 6.45) is 2.61. The number of anilines is 1. The van der Waals surface area contributed by atoms with Gasteiger partial charge in [0.25, 0.3) is 5.91 Å². The summed E-state index contributed by atoms with van der Waals surface area (Å²) in [4.78, 5) is 26.6. The van der Waals surface area contributed by atoms with Crippen molar-refractivity contribution in [3.05, 3.63) is 23.0 Å². The summed E-state index contributed by atoms with van der Waals surface area (Å²) in [5.41, 5.74) is 6.15. The fourth-order valence-electron chi connectivity index (χ4n) is 1.77. The van der Waals surface area contributed by atoms with Crippen LogP contribution in [0.25, 0.3) is 0 Å². The van der Waals surface area contributed by atoms with Gasteiger partial charge in [0.05, 0.1) is 17.4 Å². The van der Waals surface area contributed by atoms with Crippen molar-refractivity contribution in [1.29, 1.82) is 0 Å². The molecule has 7 heteroatoms. The molecule has 2 amide bonds. The number of hydrogen-bond donors (Lipinski definition) is 3. The second kappa shape index (κ2) is 5.22. The Morgan fingerprint density at radius 1 is 1.67 bits per heavy atom. The average molecular weight is 269 g/mol. The van der Waals surface area contributed by atoms with Crippen molar-refractivity contribution in [2.75, 3.05) is 12.3 Å². The number of nitrogens with two attached hydrogens (primary N) is 1. The number of nitrogens with zero attached hydrogens (tertiary/aromatic N) is 1. The van der Waals surface area contributed by atoms with Gasteiger partial charge in [0, 0.05) is 19.0 Å². The van der Waals surface area contributed by atoms with Crippen molar-refractivity contribution in [1.82, 2.24) is 15.6 Å². The Morgan fingerprint density at radius 3 is 3.11 bits per heavy atom. The molecule has 2 heterocycles. The number of hydrogen-bond acceptors (Lipinski definition) is 4. The van der Waals surface area contributed by atoms with E-state index >= 15 is 0 Å². The maximum atomic E-state index is 11.9. The van der Waals surface area contributed by atoms with E-state index < -0.39 is 0 Å². The number of amides is 2. The number of nitrogens with one attached hydrogen (secondary N) is 2. The minimum Gasteiger partial charge on any atom is -0.397 e. The average Bonchev–Trinajstić information content (AvgIpc) is 2.75. The molecular formula is C11H13ClN4O2. The van der Waals surface area contributed by atoms with E-state index in [1.54, 1.807) is 0 Å². The molecule has 1 unspecified atom stereocenters. The van der Waals surface area contributed by atoms with Crippen LogP contribution < -0.4 is 16.4 Å². The van der Waals surface area contributed by atoms with Gasteiger partial charge in [-0.15, -0.1) is 0 Å². The summed E-state index contributed by atoms with van der Waals surface area (Å²) in [6.45, 7) is 0.371. The van der Waals surface area contributed by atoms with Crippen molar-refractivity contribution in [3.63, 3.8) is 0 Å². The van der Waals surface area contributed by atoms with Crippen LogP contribution in [0, 0.1) is 0 Å². The van der Waals surface area contributed by atoms with Crippen molar-refractivity contribution in [2.24, 2.45) is 0 Å². The van der Waals surface area contributed by atoms with E-state index in [0.717, 1.165) is 6.42 Å². The van der Waals surface area contributed by atoms with E-state index in [9.17, 15) is 9.59 Å². The predicted octanol–water partition coefficient (Wildman–Crippen LogP) is 0.326. The number of carbonyl (C=O) groups excluding carboxylic acids is 2. The number of carbonyl (C=O) groups is 2. The standard InChI is InChI=1S/C11H13ClN4O2/c12-10-8(3-6(13)4-14-10)11(18)15-5-7-1-2-9(17)16-7/h3-4,7H,1-2,5,13H2,(H,15,18)(H,16,17). The largest absolute Gasteiger partial charge is 0.397 e. The summed E-state index contributed by atoms with van der Waals surface area (Å²) in [6, 6.07) is 1.45. The number of halogens is 1. The number of pyridine rings is 1. The minimum atomic E-state index is -0.346. The first-order valence-electron chi connectivity index (χ1n) is 5.55. The Labute approximate surface area is 109 Å². The Kier molecular flexibility index (Phi) is 3.66. The van der Waals surface area contributed by atoms with Crippen LogP contribution in [0.3, 0.4) is 0 Å². The van der Waals surface area contributed by atoms with E-state index in [1.165, 1.54) is 12.3 Å². The molecule has 1 aromatic heterocycles. The zero-order chi connectivity index (χ0) is 13.1. The zero-order valence-electron chi connectivity index (χ0n) is 9.57. The molecule has 1 atom stereocenters. The normalized spacial score (nSPS) is 18.5. The Balaban J connectivity index is 1.95. The lowest BCUT2D eigenvalue weighted by Gasteiger charge is -2.11. The third-order valence-corrected chi connectivity index (χ3v) is 3.00. The molecule has 1 aromatic rings. The maximum absolute atomic E-state index is 11.9. The van der Waals surface area contributed by atoms with E-state index in [0.29, 0.717) is 18.7 Å². The number of nitrogen functional groups attached to an aromatic ring is 1. The molecule has 18 heavy (non-hydrogen) atoms. The molecule has 1 aliphatic rings. The van der Waals surface area contributed by atoms with Crippen LogP contribution in [0.2, 0.25) is 5.15 Å². The summed E-state index contributed by atoms with van der Waals surface area (Å²) in [7, 11) is 0. The van der Waals surface area contributed by atoms with E-state index in [-0.39, 0.29) is 28.6 Å². The number of rotatable bonds is 3. The Morgan fingerprint density at radius 2 is 2.44 bits per heavy atom. The molecule has 0 spiro atoms. The van der Waals surface area contributed by atoms with E-state index in [2.05, 4.69) is 15.6 Å². The lowest BCUT2D eigenvalue weighted by molar-refractivity contribution is -0.119. The van der Waals surface area contributed by atoms with Crippen molar-refractivity contribution in [3.8, 4) is 0 Å². The van der Waals surface area contributed by atoms with Crippen LogP contribution >= 0.6 is 11.6 Å². The third kappa shape index (κ3) is 2.89. The fourth-order valence-corrected chi connectivity index (χ4v) is 1.95. The molecule has 4 N–H and O–H groups in total. The van der Waals surface area contributed by atoms with Gasteiger partial charge in [-0.3, -0.25) is 9.59 Å². The Hall–Kier alpha value is -1.82. The van der Waals surface area contributed by atoms with Crippen LogP contribution in [0.4, 0.5) is 5.69 Å². The van der Waals surface area contributed by atoms with Gasteiger partial charge in [0.15, 0.2) is 0 Å². The van der Waals surface area contributed by atoms with Crippen LogP contribution in [-0.2, 0) is 4.79 Å². The highest BCUT2D eigenvalue weighted by Crippen LogP contribution is 2.15. The van der Waals surface area contributed by atoms with E-state index in [1.807, 2.05) is 0 Å². The van der Waals surface area contributed by atoms with Gasteiger partial charge in [-0.2, -0.15) is 0 Å². The molecule has 0 saturated carbocycles. The topological polar surface area (TPSA) is 97.1 Å². The van der Waals surface area contributed by atoms with Crippen LogP contribution in [-0.4, -0.2) is 29.4 Å². The summed E-state index contributed by atoms with van der Waals surface area (Å²) in [5, 5.41) is 5.56. The molecule has 0 aromatic carbocycles. The van der Waals surface area contributed by atoms with Gasteiger partial charge in [0.1, 0.15) is 5.15 Å². The van der Waals surface area contributed by atoms with E-state index in [4.69, 9.17) is 17.3 Å². The smallest absolute Gasteiger partial charge is 0.254 e. The highest BCUT2D eigenvalue weighted by molar-refractivity contribution is 6.32. The summed E-state index contributed by atoms with van der Waals surface area (Å²) >= 11 is 5.81. The fraction of sp³-hybridized carbons (Fsp3) is 0.364. The van der Waals surface area contributed by atoms with Gasteiger partial charge in [-0.25, -0.2) is 4.98 Å². The second-order valence-electron chi connectivity index (χ2n) is 4.12. The van der Waals surface area contributed by atoms with Crippen LogP contribution in [0.15, 0.2) is 12.3 Å². The van der Waals surface area contributed by atoms with Gasteiger partial charge in [0.2, 0.25) is 5.91 Å². The summed E-state index contributed by atoms with van der Waals surface area (Å²) < 4.78 is 0. The molecule has 1 saturated heterocycles. The number of aromatic nitrogens is 1. The van der Waals surface area contributed by atoms with Gasteiger partial charge < -0.3 is 16.4 Å². The molecule has 1 aliphatic heterocycles. The predicted molar refractivity (Wildman–Crippen MR) is 67.2 cm³/mol.